The number of carbonyl (C=O) groups is 1. The molecule has 0 aliphatic carbocycles. The molecule has 1 atom stereocenters. The van der Waals surface area contributed by atoms with Gasteiger partial charge in [-0.2, -0.15) is 0 Å². The Morgan fingerprint density at radius 2 is 2.06 bits per heavy atom. The van der Waals surface area contributed by atoms with Crippen LogP contribution in [0.5, 0.6) is 0 Å². The highest BCUT2D eigenvalue weighted by Crippen LogP contribution is 2.38. The van der Waals surface area contributed by atoms with Gasteiger partial charge in [0.1, 0.15) is 12.4 Å². The number of carbonyl (C=O) groups excluding carboxylic acids is 1. The van der Waals surface area contributed by atoms with E-state index in [-0.39, 0.29) is 35.5 Å². The van der Waals surface area contributed by atoms with Crippen LogP contribution in [0.2, 0.25) is 0 Å². The lowest BCUT2D eigenvalue weighted by atomic mass is 9.98. The van der Waals surface area contributed by atoms with Crippen molar-refractivity contribution in [1.82, 2.24) is 20.2 Å². The predicted molar refractivity (Wildman–Crippen MR) is 130 cm³/mol. The number of nitrogens with one attached hydrogen (secondary N) is 2. The zero-order chi connectivity index (χ0) is 24.7. The minimum Gasteiger partial charge on any atom is -0.458 e. The summed E-state index contributed by atoms with van der Waals surface area (Å²) in [6.45, 7) is 4.30. The van der Waals surface area contributed by atoms with Crippen molar-refractivity contribution in [2.75, 3.05) is 12.8 Å². The number of nitrogens with zero attached hydrogens (tertiary/aromatic N) is 2. The fraction of sp³-hybridized carbons (Fsp3) is 0.304. The van der Waals surface area contributed by atoms with Crippen molar-refractivity contribution in [1.29, 1.82) is 0 Å². The minimum atomic E-state index is -1.55. The van der Waals surface area contributed by atoms with E-state index in [0.29, 0.717) is 33.9 Å². The maximum atomic E-state index is 14.2. The number of aromatic nitrogens is 2. The summed E-state index contributed by atoms with van der Waals surface area (Å²) in [5.74, 6) is -1.41. The van der Waals surface area contributed by atoms with E-state index in [1.54, 1.807) is 13.1 Å². The van der Waals surface area contributed by atoms with Crippen LogP contribution in [0.15, 0.2) is 23.0 Å². The Bertz CT molecular complexity index is 1400. The lowest BCUT2D eigenvalue weighted by molar-refractivity contribution is -0.157. The summed E-state index contributed by atoms with van der Waals surface area (Å²) in [7, 11) is 1.69. The number of cyclic esters (lactones) is 1. The largest absolute Gasteiger partial charge is 0.458 e. The Morgan fingerprint density at radius 3 is 2.76 bits per heavy atom. The highest BCUT2D eigenvalue weighted by Gasteiger charge is 2.34. The molecule has 11 heteroatoms. The first-order valence-electron chi connectivity index (χ1n) is 10.8. The van der Waals surface area contributed by atoms with E-state index in [0.717, 1.165) is 11.1 Å². The van der Waals surface area contributed by atoms with Gasteiger partial charge in [-0.25, -0.2) is 14.2 Å². The van der Waals surface area contributed by atoms with Crippen LogP contribution >= 0.6 is 12.2 Å². The lowest BCUT2D eigenvalue weighted by Crippen LogP contribution is -2.33. The monoisotopic (exact) mass is 485 g/mol. The number of thiocarbonyl (C=S) groups is 1. The Kier molecular flexibility index (Phi) is 6.24. The number of hydrogen-bond donors (Lipinski definition) is 4. The van der Waals surface area contributed by atoms with E-state index in [2.05, 4.69) is 15.6 Å². The van der Waals surface area contributed by atoms with Crippen LogP contribution in [0, 0.1) is 5.82 Å². The summed E-state index contributed by atoms with van der Waals surface area (Å²) >= 11 is 5.19. The van der Waals surface area contributed by atoms with Gasteiger partial charge in [-0.1, -0.05) is 13.8 Å². The van der Waals surface area contributed by atoms with Gasteiger partial charge >= 0.3 is 5.97 Å². The molecule has 0 amide bonds. The third kappa shape index (κ3) is 3.66. The first kappa shape index (κ1) is 23.6. The molecule has 2 aromatic heterocycles. The quantitative estimate of drug-likeness (QED) is 0.191. The molecule has 0 spiro atoms. The van der Waals surface area contributed by atoms with Crippen molar-refractivity contribution < 1.29 is 19.0 Å². The van der Waals surface area contributed by atoms with Gasteiger partial charge in [-0.15, -0.1) is 0 Å². The molecular formula is C23H24FN5O4S. The molecule has 0 bridgehead atoms. The van der Waals surface area contributed by atoms with Crippen molar-refractivity contribution >= 4 is 39.9 Å². The standard InChI is InChI=1S/C21H18FN5O4S.C2H6/c1-24-21(32)25-5-10-8-2-14(23)13(22)4-15(8)26-17-11(10)6-27-16(17)3-9-12(19(27)29)7-31-20(30)18(9)28;1-2/h2-4,18,28H,5-7,23H2,1H3,(H2,24,25,32);1-2H3. The van der Waals surface area contributed by atoms with Gasteiger partial charge in [-0.05, 0) is 29.9 Å². The molecule has 2 aliphatic heterocycles. The maximum absolute atomic E-state index is 14.2. The zero-order valence-electron chi connectivity index (χ0n) is 18.9. The van der Waals surface area contributed by atoms with Gasteiger partial charge in [-0.3, -0.25) is 4.79 Å². The number of fused-ring (bicyclic) bond motifs is 5. The van der Waals surface area contributed by atoms with Crippen molar-refractivity contribution in [3.63, 3.8) is 0 Å². The molecule has 0 fully saturated rings. The minimum absolute atomic E-state index is 0.0152. The van der Waals surface area contributed by atoms with E-state index in [1.807, 2.05) is 13.8 Å². The number of nitrogens with two attached hydrogens (primary N) is 1. The van der Waals surface area contributed by atoms with Crippen LogP contribution in [0.1, 0.15) is 42.2 Å². The molecule has 0 saturated heterocycles. The molecule has 178 valence electrons. The highest BCUT2D eigenvalue weighted by molar-refractivity contribution is 7.80. The van der Waals surface area contributed by atoms with Gasteiger partial charge in [0.15, 0.2) is 11.2 Å². The second-order valence-electron chi connectivity index (χ2n) is 7.61. The third-order valence-corrected chi connectivity index (χ3v) is 6.19. The van der Waals surface area contributed by atoms with Crippen molar-refractivity contribution in [3.05, 3.63) is 56.6 Å². The van der Waals surface area contributed by atoms with E-state index in [9.17, 15) is 19.1 Å². The number of benzene rings is 1. The molecule has 0 saturated carbocycles. The topological polar surface area (TPSA) is 132 Å². The summed E-state index contributed by atoms with van der Waals surface area (Å²) in [6.07, 6.45) is -1.55. The van der Waals surface area contributed by atoms with Gasteiger partial charge in [0.2, 0.25) is 0 Å². The van der Waals surface area contributed by atoms with Crippen molar-refractivity contribution in [3.8, 4) is 11.4 Å². The number of esters is 1. The van der Waals surface area contributed by atoms with Crippen LogP contribution in [-0.2, 0) is 29.2 Å². The smallest absolute Gasteiger partial charge is 0.340 e. The Hall–Kier alpha value is -3.57. The van der Waals surface area contributed by atoms with Crippen molar-refractivity contribution in [2.24, 2.45) is 0 Å². The zero-order valence-corrected chi connectivity index (χ0v) is 19.7. The van der Waals surface area contributed by atoms with E-state index < -0.39 is 17.9 Å². The molecule has 1 aromatic carbocycles. The summed E-state index contributed by atoms with van der Waals surface area (Å²) in [6, 6.07) is 4.34. The van der Waals surface area contributed by atoms with E-state index in [4.69, 9.17) is 22.7 Å². The van der Waals surface area contributed by atoms with Crippen LogP contribution in [0.25, 0.3) is 22.3 Å². The number of hydrogen-bond acceptors (Lipinski definition) is 7. The molecule has 34 heavy (non-hydrogen) atoms. The lowest BCUT2D eigenvalue weighted by Gasteiger charge is -2.21. The molecule has 3 aromatic rings. The van der Waals surface area contributed by atoms with Gasteiger partial charge in [0, 0.05) is 36.2 Å². The predicted octanol–water partition coefficient (Wildman–Crippen LogP) is 1.86. The number of aliphatic hydroxyl groups excluding tert-OH is 1. The molecule has 2 aliphatic rings. The Labute approximate surface area is 199 Å². The summed E-state index contributed by atoms with van der Waals surface area (Å²) in [5.41, 5.74) is 8.64. The first-order valence-corrected chi connectivity index (χ1v) is 11.2. The molecule has 5 N–H and O–H groups in total. The molecular weight excluding hydrogens is 461 g/mol. The SMILES string of the molecule is CC.CNC(=S)NCc1c2c(nc3cc(F)c(N)cc13)-c1cc3c(c(=O)n1C2)COC(=O)C3O. The average Bonchev–Trinajstić information content (AvgIpc) is 3.20. The molecule has 9 nitrogen and oxygen atoms in total. The molecule has 1 unspecified atom stereocenters. The second-order valence-corrected chi connectivity index (χ2v) is 8.01. The summed E-state index contributed by atoms with van der Waals surface area (Å²) < 4.78 is 20.7. The number of nitrogen functional groups attached to an aromatic ring is 1. The number of rotatable bonds is 2. The third-order valence-electron chi connectivity index (χ3n) is 5.85. The van der Waals surface area contributed by atoms with Crippen LogP contribution in [0.3, 0.4) is 0 Å². The molecule has 4 heterocycles. The fourth-order valence-corrected chi connectivity index (χ4v) is 4.28. The Morgan fingerprint density at radius 1 is 1.32 bits per heavy atom. The van der Waals surface area contributed by atoms with Crippen molar-refractivity contribution in [2.45, 2.75) is 39.6 Å². The highest BCUT2D eigenvalue weighted by atomic mass is 32.1. The number of anilines is 1. The second kappa shape index (κ2) is 8.99. The number of ether oxygens (including phenoxy) is 1. The number of halogens is 1. The Balaban J connectivity index is 0.00000133. The van der Waals surface area contributed by atoms with Crippen LogP contribution in [0.4, 0.5) is 10.1 Å². The summed E-state index contributed by atoms with van der Waals surface area (Å²) in [5, 5.41) is 17.2. The maximum Gasteiger partial charge on any atom is 0.340 e. The first-order chi connectivity index (χ1) is 16.3. The van der Waals surface area contributed by atoms with Gasteiger partial charge < -0.3 is 30.8 Å². The number of aliphatic hydroxyl groups is 1. The van der Waals surface area contributed by atoms with E-state index in [1.165, 1.54) is 16.7 Å². The normalized spacial score (nSPS) is 15.4. The van der Waals surface area contributed by atoms with Crippen LogP contribution in [-0.4, -0.2) is 32.8 Å². The fourth-order valence-electron chi connectivity index (χ4n) is 4.21. The van der Waals surface area contributed by atoms with E-state index >= 15 is 0 Å². The van der Waals surface area contributed by atoms with Gasteiger partial charge in [0.25, 0.3) is 5.56 Å². The summed E-state index contributed by atoms with van der Waals surface area (Å²) in [4.78, 5) is 29.6. The molecule has 5 rings (SSSR count). The van der Waals surface area contributed by atoms with Crippen LogP contribution < -0.4 is 21.9 Å². The van der Waals surface area contributed by atoms with Gasteiger partial charge in [0.05, 0.1) is 34.7 Å². The molecule has 0 radical (unpaired) electrons. The number of pyridine rings is 2. The average molecular weight is 486 g/mol.